The Bertz CT molecular complexity index is 402. The first-order valence-corrected chi connectivity index (χ1v) is 6.89. The predicted molar refractivity (Wildman–Crippen MR) is 70.9 cm³/mol. The molecule has 0 aromatic heterocycles. The second-order valence-corrected chi connectivity index (χ2v) is 5.51. The standard InChI is InChI=1S/C14H21NO5/c1-20-7-10(4-5-16)15-13(17)11-8-2-3-9(6-8)12(11)14(18)19/h2-3,8-12,16H,4-7H2,1H3,(H,15,17)(H,18,19)/t8?,9?,10?,11-,12+/m0/s1. The molecule has 2 aliphatic carbocycles. The van der Waals surface area contributed by atoms with Crippen LogP contribution in [0, 0.1) is 23.7 Å². The molecule has 0 aliphatic heterocycles. The Morgan fingerprint density at radius 1 is 1.35 bits per heavy atom. The number of aliphatic hydroxyl groups is 1. The first-order chi connectivity index (χ1) is 9.58. The number of carboxylic acid groups (broad SMARTS) is 1. The van der Waals surface area contributed by atoms with Crippen molar-refractivity contribution in [1.82, 2.24) is 5.32 Å². The van der Waals surface area contributed by atoms with Crippen molar-refractivity contribution in [3.63, 3.8) is 0 Å². The fraction of sp³-hybridized carbons (Fsp3) is 0.714. The SMILES string of the molecule is COCC(CCO)NC(=O)[C@H]1C2C=CC(C2)[C@H]1C(=O)O. The van der Waals surface area contributed by atoms with Crippen molar-refractivity contribution < 1.29 is 24.5 Å². The minimum Gasteiger partial charge on any atom is -0.481 e. The molecule has 0 spiro atoms. The molecule has 2 aliphatic rings. The number of fused-ring (bicyclic) bond motifs is 2. The number of ether oxygens (including phenoxy) is 1. The summed E-state index contributed by atoms with van der Waals surface area (Å²) >= 11 is 0. The molecular formula is C14H21NO5. The van der Waals surface area contributed by atoms with E-state index in [4.69, 9.17) is 9.84 Å². The van der Waals surface area contributed by atoms with E-state index in [2.05, 4.69) is 5.32 Å². The maximum atomic E-state index is 12.4. The zero-order valence-corrected chi connectivity index (χ0v) is 11.5. The lowest BCUT2D eigenvalue weighted by Gasteiger charge is -2.26. The number of carbonyl (C=O) groups is 2. The highest BCUT2D eigenvalue weighted by atomic mass is 16.5. The summed E-state index contributed by atoms with van der Waals surface area (Å²) in [7, 11) is 1.52. The molecule has 0 aromatic rings. The van der Waals surface area contributed by atoms with Gasteiger partial charge in [-0.3, -0.25) is 9.59 Å². The number of amides is 1. The molecule has 0 heterocycles. The monoisotopic (exact) mass is 283 g/mol. The van der Waals surface area contributed by atoms with Crippen molar-refractivity contribution in [2.45, 2.75) is 18.9 Å². The third-order valence-corrected chi connectivity index (χ3v) is 4.24. The highest BCUT2D eigenvalue weighted by Gasteiger charge is 2.51. The Labute approximate surface area is 117 Å². The van der Waals surface area contributed by atoms with Crippen molar-refractivity contribution in [3.05, 3.63) is 12.2 Å². The summed E-state index contributed by atoms with van der Waals surface area (Å²) in [6, 6.07) is -0.282. The Balaban J connectivity index is 2.04. The van der Waals surface area contributed by atoms with Crippen LogP contribution in [0.3, 0.4) is 0 Å². The molecule has 0 radical (unpaired) electrons. The lowest BCUT2D eigenvalue weighted by atomic mass is 9.82. The maximum Gasteiger partial charge on any atom is 0.307 e. The number of carbonyl (C=O) groups excluding carboxylic acids is 1. The van der Waals surface area contributed by atoms with Crippen LogP contribution in [0.25, 0.3) is 0 Å². The molecule has 0 aromatic carbocycles. The fourth-order valence-corrected chi connectivity index (χ4v) is 3.37. The summed E-state index contributed by atoms with van der Waals surface area (Å²) in [5.74, 6) is -2.33. The second kappa shape index (κ2) is 6.37. The van der Waals surface area contributed by atoms with E-state index in [-0.39, 0.29) is 30.4 Å². The van der Waals surface area contributed by atoms with Crippen molar-refractivity contribution in [3.8, 4) is 0 Å². The number of methoxy groups -OCH3 is 1. The third-order valence-electron chi connectivity index (χ3n) is 4.24. The van der Waals surface area contributed by atoms with Gasteiger partial charge >= 0.3 is 5.97 Å². The lowest BCUT2D eigenvalue weighted by molar-refractivity contribution is -0.148. The molecule has 5 atom stereocenters. The van der Waals surface area contributed by atoms with Crippen LogP contribution in [0.15, 0.2) is 12.2 Å². The number of rotatable bonds is 7. The fourth-order valence-electron chi connectivity index (χ4n) is 3.37. The minimum absolute atomic E-state index is 0.0124. The van der Waals surface area contributed by atoms with Gasteiger partial charge in [-0.25, -0.2) is 0 Å². The third kappa shape index (κ3) is 2.86. The number of aliphatic hydroxyl groups excluding tert-OH is 1. The van der Waals surface area contributed by atoms with Gasteiger partial charge in [-0.15, -0.1) is 0 Å². The highest BCUT2D eigenvalue weighted by Crippen LogP contribution is 2.48. The average Bonchev–Trinajstić information content (AvgIpc) is 2.99. The van der Waals surface area contributed by atoms with Crippen LogP contribution in [-0.4, -0.2) is 48.5 Å². The topological polar surface area (TPSA) is 95.9 Å². The molecule has 112 valence electrons. The van der Waals surface area contributed by atoms with Crippen LogP contribution in [0.2, 0.25) is 0 Å². The Morgan fingerprint density at radius 3 is 2.55 bits per heavy atom. The average molecular weight is 283 g/mol. The largest absolute Gasteiger partial charge is 0.481 e. The van der Waals surface area contributed by atoms with Gasteiger partial charge in [0.15, 0.2) is 0 Å². The maximum absolute atomic E-state index is 12.4. The van der Waals surface area contributed by atoms with E-state index in [0.29, 0.717) is 13.0 Å². The van der Waals surface area contributed by atoms with Crippen molar-refractivity contribution >= 4 is 11.9 Å². The molecule has 0 saturated heterocycles. The zero-order valence-electron chi connectivity index (χ0n) is 11.5. The molecule has 6 nitrogen and oxygen atoms in total. The quantitative estimate of drug-likeness (QED) is 0.573. The van der Waals surface area contributed by atoms with Crippen LogP contribution in [-0.2, 0) is 14.3 Å². The normalized spacial score (nSPS) is 32.3. The zero-order chi connectivity index (χ0) is 14.7. The molecule has 3 N–H and O–H groups in total. The predicted octanol–water partition coefficient (Wildman–Crippen LogP) is 0.0229. The van der Waals surface area contributed by atoms with E-state index < -0.39 is 17.8 Å². The van der Waals surface area contributed by atoms with Gasteiger partial charge in [0.2, 0.25) is 5.91 Å². The number of hydrogen-bond acceptors (Lipinski definition) is 4. The smallest absolute Gasteiger partial charge is 0.307 e. The van der Waals surface area contributed by atoms with Gasteiger partial charge in [-0.1, -0.05) is 12.2 Å². The summed E-state index contributed by atoms with van der Waals surface area (Å²) < 4.78 is 5.00. The van der Waals surface area contributed by atoms with E-state index in [0.717, 1.165) is 6.42 Å². The Morgan fingerprint density at radius 2 is 2.00 bits per heavy atom. The van der Waals surface area contributed by atoms with E-state index in [1.54, 1.807) is 0 Å². The van der Waals surface area contributed by atoms with Crippen LogP contribution < -0.4 is 5.32 Å². The minimum atomic E-state index is -0.910. The van der Waals surface area contributed by atoms with Gasteiger partial charge in [0.05, 0.1) is 24.5 Å². The highest BCUT2D eigenvalue weighted by molar-refractivity contribution is 5.87. The summed E-state index contributed by atoms with van der Waals surface area (Å²) in [6.45, 7) is 0.258. The van der Waals surface area contributed by atoms with Gasteiger partial charge in [0.25, 0.3) is 0 Å². The van der Waals surface area contributed by atoms with Crippen molar-refractivity contribution in [2.75, 3.05) is 20.3 Å². The van der Waals surface area contributed by atoms with Crippen molar-refractivity contribution in [2.24, 2.45) is 23.7 Å². The number of hydrogen-bond donors (Lipinski definition) is 3. The van der Waals surface area contributed by atoms with Crippen LogP contribution in [0.4, 0.5) is 0 Å². The summed E-state index contributed by atoms with van der Waals surface area (Å²) in [5, 5.41) is 21.1. The molecule has 2 rings (SSSR count). The van der Waals surface area contributed by atoms with E-state index in [1.807, 2.05) is 12.2 Å². The second-order valence-electron chi connectivity index (χ2n) is 5.51. The molecule has 1 saturated carbocycles. The van der Waals surface area contributed by atoms with Gasteiger partial charge in [-0.2, -0.15) is 0 Å². The molecule has 1 amide bonds. The first-order valence-electron chi connectivity index (χ1n) is 6.89. The number of nitrogens with one attached hydrogen (secondary N) is 1. The Hall–Kier alpha value is -1.40. The van der Waals surface area contributed by atoms with E-state index in [9.17, 15) is 14.7 Å². The van der Waals surface area contributed by atoms with Gasteiger partial charge in [0.1, 0.15) is 0 Å². The van der Waals surface area contributed by atoms with Crippen LogP contribution >= 0.6 is 0 Å². The summed E-state index contributed by atoms with van der Waals surface area (Å²) in [4.78, 5) is 23.7. The number of allylic oxidation sites excluding steroid dienone is 2. The van der Waals surface area contributed by atoms with Crippen molar-refractivity contribution in [1.29, 1.82) is 0 Å². The van der Waals surface area contributed by atoms with Gasteiger partial charge in [0, 0.05) is 13.7 Å². The van der Waals surface area contributed by atoms with Gasteiger partial charge in [-0.05, 0) is 24.7 Å². The lowest BCUT2D eigenvalue weighted by Crippen LogP contribution is -2.46. The van der Waals surface area contributed by atoms with E-state index >= 15 is 0 Å². The molecule has 3 unspecified atom stereocenters. The number of aliphatic carboxylic acids is 1. The number of carboxylic acids is 1. The first kappa shape index (κ1) is 15.0. The molecular weight excluding hydrogens is 262 g/mol. The van der Waals surface area contributed by atoms with Gasteiger partial charge < -0.3 is 20.3 Å². The molecule has 20 heavy (non-hydrogen) atoms. The Kier molecular flexibility index (Phi) is 4.77. The van der Waals surface area contributed by atoms with E-state index in [1.165, 1.54) is 7.11 Å². The molecule has 6 heteroatoms. The molecule has 1 fully saturated rings. The van der Waals surface area contributed by atoms with Crippen LogP contribution in [0.1, 0.15) is 12.8 Å². The summed E-state index contributed by atoms with van der Waals surface area (Å²) in [6.07, 6.45) is 5.00. The molecule has 2 bridgehead atoms. The van der Waals surface area contributed by atoms with Crippen LogP contribution in [0.5, 0.6) is 0 Å². The summed E-state index contributed by atoms with van der Waals surface area (Å²) in [5.41, 5.74) is 0.